The molecule has 7 nitrogen and oxygen atoms in total. The molecule has 0 aliphatic carbocycles. The minimum atomic E-state index is -0.431. The molecule has 2 aromatic rings. The Labute approximate surface area is 159 Å². The Balaban J connectivity index is 2.08. The van der Waals surface area contributed by atoms with E-state index in [1.54, 1.807) is 43.5 Å². The Bertz CT molecular complexity index is 793. The van der Waals surface area contributed by atoms with Gasteiger partial charge in [-0.25, -0.2) is 4.98 Å². The van der Waals surface area contributed by atoms with E-state index < -0.39 is 5.91 Å². The van der Waals surface area contributed by atoms with Gasteiger partial charge in [0.15, 0.2) is 0 Å². The predicted molar refractivity (Wildman–Crippen MR) is 104 cm³/mol. The molecule has 0 unspecified atom stereocenters. The zero-order valence-corrected chi connectivity index (χ0v) is 15.9. The molecule has 0 aliphatic heterocycles. The summed E-state index contributed by atoms with van der Waals surface area (Å²) in [5.41, 5.74) is 0.842. The Morgan fingerprint density at radius 3 is 2.41 bits per heavy atom. The molecule has 1 heterocycles. The topological polar surface area (TPSA) is 89.6 Å². The standard InChI is InChI=1S/C20H25N3O4/c1-4-5-6-12-21-19(24)16-8-7-9-17(22-16)20(25)23-15-11-10-14(26-2)13-18(15)27-3/h7-11,13H,4-6,12H2,1-3H3,(H,21,24)(H,23,25). The number of ether oxygens (including phenoxy) is 2. The Morgan fingerprint density at radius 2 is 1.74 bits per heavy atom. The van der Waals surface area contributed by atoms with Crippen LogP contribution in [0.3, 0.4) is 0 Å². The largest absolute Gasteiger partial charge is 0.497 e. The van der Waals surface area contributed by atoms with E-state index in [0.717, 1.165) is 19.3 Å². The highest BCUT2D eigenvalue weighted by molar-refractivity contribution is 6.04. The van der Waals surface area contributed by atoms with Gasteiger partial charge in [-0.3, -0.25) is 9.59 Å². The summed E-state index contributed by atoms with van der Waals surface area (Å²) in [6.07, 6.45) is 3.05. The predicted octanol–water partition coefficient (Wildman–Crippen LogP) is 3.27. The lowest BCUT2D eigenvalue weighted by Gasteiger charge is -2.11. The summed E-state index contributed by atoms with van der Waals surface area (Å²) in [5.74, 6) is 0.360. The van der Waals surface area contributed by atoms with E-state index in [-0.39, 0.29) is 17.3 Å². The number of nitrogens with zero attached hydrogens (tertiary/aromatic N) is 1. The van der Waals surface area contributed by atoms with Crippen LogP contribution in [0.5, 0.6) is 11.5 Å². The first-order valence-electron chi connectivity index (χ1n) is 8.87. The number of hydrogen-bond acceptors (Lipinski definition) is 5. The van der Waals surface area contributed by atoms with Gasteiger partial charge in [-0.2, -0.15) is 0 Å². The maximum atomic E-state index is 12.5. The number of carbonyl (C=O) groups excluding carboxylic acids is 2. The van der Waals surface area contributed by atoms with Gasteiger partial charge in [-0.1, -0.05) is 25.8 Å². The molecule has 0 aliphatic rings. The molecule has 7 heteroatoms. The summed E-state index contributed by atoms with van der Waals surface area (Å²) in [6, 6.07) is 9.84. The van der Waals surface area contributed by atoms with Crippen molar-refractivity contribution in [2.45, 2.75) is 26.2 Å². The van der Waals surface area contributed by atoms with Crippen molar-refractivity contribution in [3.8, 4) is 11.5 Å². The second-order valence-corrected chi connectivity index (χ2v) is 5.89. The molecule has 2 N–H and O–H groups in total. The summed E-state index contributed by atoms with van der Waals surface area (Å²) < 4.78 is 10.4. The van der Waals surface area contributed by atoms with Crippen LogP contribution in [0.15, 0.2) is 36.4 Å². The number of pyridine rings is 1. The van der Waals surface area contributed by atoms with Crippen molar-refractivity contribution < 1.29 is 19.1 Å². The van der Waals surface area contributed by atoms with Crippen LogP contribution < -0.4 is 20.1 Å². The molecule has 1 aromatic carbocycles. The van der Waals surface area contributed by atoms with Crippen molar-refractivity contribution in [2.75, 3.05) is 26.1 Å². The SMILES string of the molecule is CCCCCNC(=O)c1cccc(C(=O)Nc2ccc(OC)cc2OC)n1. The molecule has 2 amide bonds. The van der Waals surface area contributed by atoms with E-state index in [4.69, 9.17) is 9.47 Å². The lowest BCUT2D eigenvalue weighted by Crippen LogP contribution is -2.26. The number of carbonyl (C=O) groups is 2. The molecule has 0 spiro atoms. The summed E-state index contributed by atoms with van der Waals surface area (Å²) in [4.78, 5) is 28.9. The highest BCUT2D eigenvalue weighted by atomic mass is 16.5. The quantitative estimate of drug-likeness (QED) is 0.660. The minimum Gasteiger partial charge on any atom is -0.497 e. The molecule has 0 saturated carbocycles. The number of anilines is 1. The van der Waals surface area contributed by atoms with Crippen LogP contribution in [0.25, 0.3) is 0 Å². The fourth-order valence-corrected chi connectivity index (χ4v) is 2.44. The molecular formula is C20H25N3O4. The van der Waals surface area contributed by atoms with Crippen LogP contribution >= 0.6 is 0 Å². The average Bonchev–Trinajstić information content (AvgIpc) is 2.71. The van der Waals surface area contributed by atoms with E-state index in [1.165, 1.54) is 7.11 Å². The van der Waals surface area contributed by atoms with Crippen LogP contribution in [0, 0.1) is 0 Å². The van der Waals surface area contributed by atoms with Gasteiger partial charge in [0.2, 0.25) is 0 Å². The van der Waals surface area contributed by atoms with Crippen molar-refractivity contribution in [2.24, 2.45) is 0 Å². The van der Waals surface area contributed by atoms with Crippen molar-refractivity contribution in [1.82, 2.24) is 10.3 Å². The van der Waals surface area contributed by atoms with Crippen molar-refractivity contribution >= 4 is 17.5 Å². The second-order valence-electron chi connectivity index (χ2n) is 5.89. The van der Waals surface area contributed by atoms with Gasteiger partial charge in [0, 0.05) is 12.6 Å². The van der Waals surface area contributed by atoms with Crippen LogP contribution in [0.1, 0.15) is 47.2 Å². The highest BCUT2D eigenvalue weighted by Crippen LogP contribution is 2.29. The summed E-state index contributed by atoms with van der Waals surface area (Å²) in [7, 11) is 3.06. The first-order valence-corrected chi connectivity index (χ1v) is 8.87. The lowest BCUT2D eigenvalue weighted by atomic mass is 10.2. The zero-order valence-electron chi connectivity index (χ0n) is 15.9. The number of unbranched alkanes of at least 4 members (excludes halogenated alkanes) is 2. The molecule has 0 fully saturated rings. The third-order valence-corrected chi connectivity index (χ3v) is 3.94. The molecule has 0 radical (unpaired) electrons. The van der Waals surface area contributed by atoms with Gasteiger partial charge in [-0.15, -0.1) is 0 Å². The molecule has 0 saturated heterocycles. The van der Waals surface area contributed by atoms with E-state index >= 15 is 0 Å². The van der Waals surface area contributed by atoms with Crippen LogP contribution in [-0.2, 0) is 0 Å². The van der Waals surface area contributed by atoms with Gasteiger partial charge in [0.05, 0.1) is 19.9 Å². The van der Waals surface area contributed by atoms with Crippen molar-refractivity contribution in [1.29, 1.82) is 0 Å². The number of aromatic nitrogens is 1. The monoisotopic (exact) mass is 371 g/mol. The van der Waals surface area contributed by atoms with Crippen LogP contribution in [0.4, 0.5) is 5.69 Å². The summed E-state index contributed by atoms with van der Waals surface area (Å²) in [6.45, 7) is 2.69. The van der Waals surface area contributed by atoms with E-state index in [1.807, 2.05) is 0 Å². The molecule has 0 bridgehead atoms. The van der Waals surface area contributed by atoms with Gasteiger partial charge in [0.25, 0.3) is 11.8 Å². The van der Waals surface area contributed by atoms with Gasteiger partial charge < -0.3 is 20.1 Å². The number of amides is 2. The van der Waals surface area contributed by atoms with Crippen LogP contribution in [-0.4, -0.2) is 37.6 Å². The van der Waals surface area contributed by atoms with E-state index in [0.29, 0.717) is 23.7 Å². The van der Waals surface area contributed by atoms with Gasteiger partial charge >= 0.3 is 0 Å². The average molecular weight is 371 g/mol. The number of methoxy groups -OCH3 is 2. The Hall–Kier alpha value is -3.09. The third-order valence-electron chi connectivity index (χ3n) is 3.94. The van der Waals surface area contributed by atoms with Gasteiger partial charge in [0.1, 0.15) is 22.9 Å². The lowest BCUT2D eigenvalue weighted by molar-refractivity contribution is 0.0947. The maximum Gasteiger partial charge on any atom is 0.274 e. The fourth-order valence-electron chi connectivity index (χ4n) is 2.44. The molecular weight excluding hydrogens is 346 g/mol. The first kappa shape index (κ1) is 20.2. The molecule has 2 rings (SSSR count). The summed E-state index contributed by atoms with van der Waals surface area (Å²) >= 11 is 0. The van der Waals surface area contributed by atoms with E-state index in [9.17, 15) is 9.59 Å². The second kappa shape index (κ2) is 10.2. The number of benzene rings is 1. The Kier molecular flexibility index (Phi) is 7.61. The maximum absolute atomic E-state index is 12.5. The van der Waals surface area contributed by atoms with E-state index in [2.05, 4.69) is 22.5 Å². The number of rotatable bonds is 9. The number of nitrogens with one attached hydrogen (secondary N) is 2. The third kappa shape index (κ3) is 5.70. The summed E-state index contributed by atoms with van der Waals surface area (Å²) in [5, 5.41) is 5.55. The van der Waals surface area contributed by atoms with Crippen molar-refractivity contribution in [3.05, 3.63) is 47.8 Å². The molecule has 0 atom stereocenters. The smallest absolute Gasteiger partial charge is 0.274 e. The number of hydrogen-bond donors (Lipinski definition) is 2. The fraction of sp³-hybridized carbons (Fsp3) is 0.350. The zero-order chi connectivity index (χ0) is 19.6. The Morgan fingerprint density at radius 1 is 1.00 bits per heavy atom. The minimum absolute atomic E-state index is 0.147. The molecule has 1 aromatic heterocycles. The normalized spacial score (nSPS) is 10.2. The molecule has 144 valence electrons. The van der Waals surface area contributed by atoms with Crippen LogP contribution in [0.2, 0.25) is 0 Å². The highest BCUT2D eigenvalue weighted by Gasteiger charge is 2.14. The van der Waals surface area contributed by atoms with Crippen molar-refractivity contribution in [3.63, 3.8) is 0 Å². The van der Waals surface area contributed by atoms with Gasteiger partial charge in [-0.05, 0) is 30.7 Å². The first-order chi connectivity index (χ1) is 13.1. The molecule has 27 heavy (non-hydrogen) atoms.